The van der Waals surface area contributed by atoms with Gasteiger partial charge in [0.25, 0.3) is 0 Å². The quantitative estimate of drug-likeness (QED) is 0.936. The summed E-state index contributed by atoms with van der Waals surface area (Å²) >= 11 is 1.78. The fourth-order valence-electron chi connectivity index (χ4n) is 2.54. The molecule has 1 aliphatic heterocycles. The van der Waals surface area contributed by atoms with Gasteiger partial charge >= 0.3 is 6.03 Å². The van der Waals surface area contributed by atoms with Crippen molar-refractivity contribution in [1.82, 2.24) is 15.2 Å². The van der Waals surface area contributed by atoms with Crippen LogP contribution in [0.5, 0.6) is 5.88 Å². The highest BCUT2D eigenvalue weighted by Gasteiger charge is 2.21. The third-order valence-electron chi connectivity index (χ3n) is 3.69. The fourth-order valence-corrected chi connectivity index (χ4v) is 3.43. The average molecular weight is 331 g/mol. The highest BCUT2D eigenvalue weighted by atomic mass is 32.1. The van der Waals surface area contributed by atoms with E-state index < -0.39 is 0 Å². The first kappa shape index (κ1) is 15.8. The van der Waals surface area contributed by atoms with E-state index in [1.165, 1.54) is 10.4 Å². The number of carbonyl (C=O) groups is 1. The molecule has 0 bridgehead atoms. The molecule has 0 spiro atoms. The molecule has 0 aliphatic carbocycles. The second-order valence-electron chi connectivity index (χ2n) is 5.87. The first-order valence-corrected chi connectivity index (χ1v) is 8.69. The zero-order valence-electron chi connectivity index (χ0n) is 13.4. The summed E-state index contributed by atoms with van der Waals surface area (Å²) in [5.74, 6) is 0.607. The van der Waals surface area contributed by atoms with Crippen molar-refractivity contribution in [3.63, 3.8) is 0 Å². The lowest BCUT2D eigenvalue weighted by atomic mass is 10.1. The maximum atomic E-state index is 12.3. The van der Waals surface area contributed by atoms with Gasteiger partial charge in [0.1, 0.15) is 0 Å². The summed E-state index contributed by atoms with van der Waals surface area (Å²) in [5.41, 5.74) is 2.23. The predicted octanol–water partition coefficient (Wildman–Crippen LogP) is 3.20. The van der Waals surface area contributed by atoms with Crippen molar-refractivity contribution in [3.05, 3.63) is 45.8 Å². The lowest BCUT2D eigenvalue weighted by Gasteiger charge is -2.27. The standard InChI is InChI=1S/C17H21N3O2S/c1-12(2)22-16-4-3-13(9-18-16)10-19-17(21)20-7-5-15-14(11-20)6-8-23-15/h3-4,6,8-9,12H,5,7,10-11H2,1-2H3,(H,19,21). The summed E-state index contributed by atoms with van der Waals surface area (Å²) < 4.78 is 5.51. The molecule has 0 radical (unpaired) electrons. The molecule has 23 heavy (non-hydrogen) atoms. The second kappa shape index (κ2) is 7.00. The van der Waals surface area contributed by atoms with Crippen molar-refractivity contribution in [3.8, 4) is 5.88 Å². The topological polar surface area (TPSA) is 54.5 Å². The molecule has 2 amide bonds. The summed E-state index contributed by atoms with van der Waals surface area (Å²) in [5, 5.41) is 5.06. The van der Waals surface area contributed by atoms with Crippen LogP contribution in [0.2, 0.25) is 0 Å². The van der Waals surface area contributed by atoms with E-state index in [0.717, 1.165) is 18.5 Å². The van der Waals surface area contributed by atoms with Crippen LogP contribution in [0.4, 0.5) is 4.79 Å². The largest absolute Gasteiger partial charge is 0.475 e. The Bertz CT molecular complexity index is 667. The van der Waals surface area contributed by atoms with Crippen molar-refractivity contribution in [2.45, 2.75) is 39.5 Å². The lowest BCUT2D eigenvalue weighted by molar-refractivity contribution is 0.192. The van der Waals surface area contributed by atoms with Crippen LogP contribution in [0.1, 0.15) is 29.9 Å². The van der Waals surface area contributed by atoms with Crippen LogP contribution >= 0.6 is 11.3 Å². The number of fused-ring (bicyclic) bond motifs is 1. The number of nitrogens with zero attached hydrogens (tertiary/aromatic N) is 2. The SMILES string of the molecule is CC(C)Oc1ccc(CNC(=O)N2CCc3sccc3C2)cn1. The molecular weight excluding hydrogens is 310 g/mol. The van der Waals surface area contributed by atoms with Gasteiger partial charge in [-0.2, -0.15) is 0 Å². The minimum atomic E-state index is -0.0237. The Labute approximate surface area is 140 Å². The number of amides is 2. The molecular formula is C17H21N3O2S. The lowest BCUT2D eigenvalue weighted by Crippen LogP contribution is -2.42. The third-order valence-corrected chi connectivity index (χ3v) is 4.72. The molecule has 0 aromatic carbocycles. The van der Waals surface area contributed by atoms with Crippen LogP contribution in [-0.2, 0) is 19.5 Å². The van der Waals surface area contributed by atoms with Crippen LogP contribution in [0.3, 0.4) is 0 Å². The summed E-state index contributed by atoms with van der Waals surface area (Å²) in [6.45, 7) is 5.88. The van der Waals surface area contributed by atoms with E-state index >= 15 is 0 Å². The molecule has 6 heteroatoms. The number of ether oxygens (including phenoxy) is 1. The van der Waals surface area contributed by atoms with Gasteiger partial charge in [0, 0.05) is 36.8 Å². The van der Waals surface area contributed by atoms with E-state index in [9.17, 15) is 4.79 Å². The second-order valence-corrected chi connectivity index (χ2v) is 6.87. The Morgan fingerprint density at radius 2 is 2.30 bits per heavy atom. The Morgan fingerprint density at radius 1 is 1.43 bits per heavy atom. The van der Waals surface area contributed by atoms with Crippen molar-refractivity contribution >= 4 is 17.4 Å². The van der Waals surface area contributed by atoms with Crippen LogP contribution in [0.25, 0.3) is 0 Å². The number of pyridine rings is 1. The number of nitrogens with one attached hydrogen (secondary N) is 1. The number of urea groups is 1. The molecule has 0 saturated carbocycles. The number of rotatable bonds is 4. The van der Waals surface area contributed by atoms with E-state index in [-0.39, 0.29) is 12.1 Å². The summed E-state index contributed by atoms with van der Waals surface area (Å²) in [6, 6.07) is 5.85. The number of hydrogen-bond acceptors (Lipinski definition) is 4. The predicted molar refractivity (Wildman–Crippen MR) is 90.7 cm³/mol. The first-order chi connectivity index (χ1) is 11.1. The number of aromatic nitrogens is 1. The summed E-state index contributed by atoms with van der Waals surface area (Å²) in [7, 11) is 0. The van der Waals surface area contributed by atoms with E-state index in [2.05, 4.69) is 21.7 Å². The van der Waals surface area contributed by atoms with Gasteiger partial charge in [-0.15, -0.1) is 11.3 Å². The molecule has 2 aromatic rings. The van der Waals surface area contributed by atoms with Crippen LogP contribution in [0, 0.1) is 0 Å². The Hall–Kier alpha value is -2.08. The highest BCUT2D eigenvalue weighted by molar-refractivity contribution is 7.10. The van der Waals surface area contributed by atoms with Crippen molar-refractivity contribution in [2.24, 2.45) is 0 Å². The number of carbonyl (C=O) groups excluding carboxylic acids is 1. The molecule has 0 unspecified atom stereocenters. The molecule has 0 fully saturated rings. The minimum Gasteiger partial charge on any atom is -0.475 e. The smallest absolute Gasteiger partial charge is 0.317 e. The van der Waals surface area contributed by atoms with Gasteiger partial charge in [0.2, 0.25) is 5.88 Å². The van der Waals surface area contributed by atoms with Crippen LogP contribution < -0.4 is 10.1 Å². The first-order valence-electron chi connectivity index (χ1n) is 7.81. The molecule has 3 rings (SSSR count). The van der Waals surface area contributed by atoms with Crippen molar-refractivity contribution in [1.29, 1.82) is 0 Å². The van der Waals surface area contributed by atoms with E-state index in [1.54, 1.807) is 17.5 Å². The van der Waals surface area contributed by atoms with Crippen LogP contribution in [0.15, 0.2) is 29.8 Å². The molecule has 1 aliphatic rings. The zero-order valence-corrected chi connectivity index (χ0v) is 14.2. The summed E-state index contributed by atoms with van der Waals surface area (Å²) in [4.78, 5) is 19.8. The van der Waals surface area contributed by atoms with Gasteiger partial charge in [0.15, 0.2) is 0 Å². The highest BCUT2D eigenvalue weighted by Crippen LogP contribution is 2.23. The van der Waals surface area contributed by atoms with Crippen LogP contribution in [-0.4, -0.2) is 28.6 Å². The van der Waals surface area contributed by atoms with E-state index in [1.807, 2.05) is 30.9 Å². The maximum absolute atomic E-state index is 12.3. The van der Waals surface area contributed by atoms with Gasteiger partial charge < -0.3 is 15.0 Å². The van der Waals surface area contributed by atoms with Crippen molar-refractivity contribution < 1.29 is 9.53 Å². The Morgan fingerprint density at radius 3 is 3.04 bits per heavy atom. The minimum absolute atomic E-state index is 0.0237. The normalized spacial score (nSPS) is 13.8. The van der Waals surface area contributed by atoms with Gasteiger partial charge in [-0.3, -0.25) is 0 Å². The molecule has 5 nitrogen and oxygen atoms in total. The van der Waals surface area contributed by atoms with Gasteiger partial charge in [-0.05, 0) is 42.8 Å². The Balaban J connectivity index is 1.51. The summed E-state index contributed by atoms with van der Waals surface area (Å²) in [6.07, 6.45) is 2.79. The number of hydrogen-bond donors (Lipinski definition) is 1. The zero-order chi connectivity index (χ0) is 16.2. The maximum Gasteiger partial charge on any atom is 0.317 e. The van der Waals surface area contributed by atoms with E-state index in [0.29, 0.717) is 19.0 Å². The average Bonchev–Trinajstić information content (AvgIpc) is 3.01. The molecule has 3 heterocycles. The monoisotopic (exact) mass is 331 g/mol. The third kappa shape index (κ3) is 4.01. The van der Waals surface area contributed by atoms with Gasteiger partial charge in [0.05, 0.1) is 6.10 Å². The molecule has 2 aromatic heterocycles. The molecule has 0 atom stereocenters. The Kier molecular flexibility index (Phi) is 4.81. The molecule has 122 valence electrons. The molecule has 1 N–H and O–H groups in total. The molecule has 0 saturated heterocycles. The van der Waals surface area contributed by atoms with Crippen molar-refractivity contribution in [2.75, 3.05) is 6.54 Å². The fraction of sp³-hybridized carbons (Fsp3) is 0.412. The number of thiophene rings is 1. The van der Waals surface area contributed by atoms with Gasteiger partial charge in [-0.1, -0.05) is 6.07 Å². The van der Waals surface area contributed by atoms with E-state index in [4.69, 9.17) is 4.74 Å². The van der Waals surface area contributed by atoms with Gasteiger partial charge in [-0.25, -0.2) is 9.78 Å².